The first-order valence-corrected chi connectivity index (χ1v) is 4.55. The van der Waals surface area contributed by atoms with Gasteiger partial charge in [0.1, 0.15) is 0 Å². The van der Waals surface area contributed by atoms with Crippen LogP contribution in [-0.2, 0) is 11.8 Å². The number of rotatable bonds is 2. The number of alkyl halides is 2. The Morgan fingerprint density at radius 1 is 1.18 bits per heavy atom. The van der Waals surface area contributed by atoms with Crippen molar-refractivity contribution in [2.75, 3.05) is 0 Å². The highest BCUT2D eigenvalue weighted by Crippen LogP contribution is 2.14. The summed E-state index contributed by atoms with van der Waals surface area (Å²) in [6.45, 7) is 2.05. The monoisotopic (exact) mass is 188 g/mol. The van der Waals surface area contributed by atoms with Crippen molar-refractivity contribution in [3.05, 3.63) is 34.9 Å². The molecule has 0 aliphatic heterocycles. The second kappa shape index (κ2) is 3.99. The third-order valence-electron chi connectivity index (χ3n) is 1.71. The zero-order valence-corrected chi connectivity index (χ0v) is 7.91. The molecule has 0 spiro atoms. The van der Waals surface area contributed by atoms with Crippen LogP contribution in [0.15, 0.2) is 18.2 Å². The summed E-state index contributed by atoms with van der Waals surface area (Å²) < 4.78 is 0. The second-order valence-corrected chi connectivity index (χ2v) is 3.06. The molecule has 0 heterocycles. The number of aryl methyl sites for hydroxylation is 1. The van der Waals surface area contributed by atoms with Crippen LogP contribution in [-0.4, -0.2) is 0 Å². The molecule has 0 fully saturated rings. The minimum absolute atomic E-state index is 0.560. The quantitative estimate of drug-likeness (QED) is 0.625. The van der Waals surface area contributed by atoms with Crippen LogP contribution < -0.4 is 0 Å². The predicted molar refractivity (Wildman–Crippen MR) is 50.3 cm³/mol. The Morgan fingerprint density at radius 3 is 2.45 bits per heavy atom. The van der Waals surface area contributed by atoms with Crippen LogP contribution >= 0.6 is 23.2 Å². The van der Waals surface area contributed by atoms with Gasteiger partial charge in [-0.2, -0.15) is 0 Å². The maximum Gasteiger partial charge on any atom is 0.0476 e. The summed E-state index contributed by atoms with van der Waals surface area (Å²) in [5, 5.41) is 0. The number of hydrogen-bond donors (Lipinski definition) is 0. The molecule has 0 saturated carbocycles. The van der Waals surface area contributed by atoms with E-state index >= 15 is 0 Å². The average Bonchev–Trinajstić information content (AvgIpc) is 2.05. The molecule has 11 heavy (non-hydrogen) atoms. The van der Waals surface area contributed by atoms with Gasteiger partial charge in [-0.25, -0.2) is 0 Å². The first-order valence-electron chi connectivity index (χ1n) is 3.48. The van der Waals surface area contributed by atoms with Crippen LogP contribution in [0, 0.1) is 6.92 Å². The first kappa shape index (κ1) is 8.89. The van der Waals surface area contributed by atoms with E-state index in [9.17, 15) is 0 Å². The summed E-state index contributed by atoms with van der Waals surface area (Å²) in [7, 11) is 0. The number of benzene rings is 1. The molecule has 0 aliphatic rings. The van der Waals surface area contributed by atoms with E-state index < -0.39 is 0 Å². The van der Waals surface area contributed by atoms with Gasteiger partial charge < -0.3 is 0 Å². The lowest BCUT2D eigenvalue weighted by Gasteiger charge is -2.02. The van der Waals surface area contributed by atoms with Crippen LogP contribution in [0.1, 0.15) is 16.7 Å². The van der Waals surface area contributed by atoms with Gasteiger partial charge in [-0.15, -0.1) is 23.2 Å². The van der Waals surface area contributed by atoms with Crippen LogP contribution in [0.2, 0.25) is 0 Å². The number of hydrogen-bond acceptors (Lipinski definition) is 0. The average molecular weight is 189 g/mol. The molecule has 0 bridgehead atoms. The van der Waals surface area contributed by atoms with Gasteiger partial charge in [0, 0.05) is 11.8 Å². The highest BCUT2D eigenvalue weighted by atomic mass is 35.5. The third kappa shape index (κ3) is 2.11. The molecule has 0 aliphatic carbocycles. The molecule has 1 aromatic carbocycles. The van der Waals surface area contributed by atoms with Gasteiger partial charge >= 0.3 is 0 Å². The van der Waals surface area contributed by atoms with Crippen molar-refractivity contribution in [1.82, 2.24) is 0 Å². The van der Waals surface area contributed by atoms with E-state index in [1.165, 1.54) is 11.1 Å². The van der Waals surface area contributed by atoms with Crippen LogP contribution in [0.5, 0.6) is 0 Å². The Kier molecular flexibility index (Phi) is 3.22. The van der Waals surface area contributed by atoms with Gasteiger partial charge in [-0.3, -0.25) is 0 Å². The Morgan fingerprint density at radius 2 is 1.91 bits per heavy atom. The van der Waals surface area contributed by atoms with Crippen molar-refractivity contribution >= 4 is 23.2 Å². The van der Waals surface area contributed by atoms with E-state index in [-0.39, 0.29) is 0 Å². The largest absolute Gasteiger partial charge is 0.122 e. The fourth-order valence-corrected chi connectivity index (χ4v) is 1.41. The molecule has 0 amide bonds. The Bertz CT molecular complexity index is 243. The third-order valence-corrected chi connectivity index (χ3v) is 2.31. The summed E-state index contributed by atoms with van der Waals surface area (Å²) >= 11 is 11.4. The molecule has 60 valence electrons. The van der Waals surface area contributed by atoms with E-state index in [0.717, 1.165) is 5.56 Å². The molecule has 0 saturated heterocycles. The minimum Gasteiger partial charge on any atom is -0.122 e. The molecule has 2 heteroatoms. The van der Waals surface area contributed by atoms with Gasteiger partial charge in [0.15, 0.2) is 0 Å². The van der Waals surface area contributed by atoms with E-state index in [1.807, 2.05) is 6.07 Å². The molecule has 1 aromatic rings. The Labute approximate surface area is 77.1 Å². The summed E-state index contributed by atoms with van der Waals surface area (Å²) in [5.74, 6) is 1.13. The summed E-state index contributed by atoms with van der Waals surface area (Å²) in [6.07, 6.45) is 0. The fourth-order valence-electron chi connectivity index (χ4n) is 0.952. The fraction of sp³-hybridized carbons (Fsp3) is 0.333. The normalized spacial score (nSPS) is 10.1. The summed E-state index contributed by atoms with van der Waals surface area (Å²) in [4.78, 5) is 0. The van der Waals surface area contributed by atoms with Gasteiger partial charge in [0.2, 0.25) is 0 Å². The molecule has 0 aromatic heterocycles. The van der Waals surface area contributed by atoms with Crippen LogP contribution in [0.4, 0.5) is 0 Å². The van der Waals surface area contributed by atoms with Crippen molar-refractivity contribution in [1.29, 1.82) is 0 Å². The predicted octanol–water partition coefficient (Wildman–Crippen LogP) is 3.47. The molecular formula is C9H10Cl2. The van der Waals surface area contributed by atoms with Crippen molar-refractivity contribution in [3.63, 3.8) is 0 Å². The molecule has 0 N–H and O–H groups in total. The van der Waals surface area contributed by atoms with Gasteiger partial charge in [-0.1, -0.05) is 18.2 Å². The maximum atomic E-state index is 5.72. The zero-order valence-electron chi connectivity index (χ0n) is 6.40. The van der Waals surface area contributed by atoms with Crippen molar-refractivity contribution < 1.29 is 0 Å². The van der Waals surface area contributed by atoms with Crippen molar-refractivity contribution in [3.8, 4) is 0 Å². The smallest absolute Gasteiger partial charge is 0.0476 e. The lowest BCUT2D eigenvalue weighted by atomic mass is 10.1. The molecule has 0 nitrogen and oxygen atoms in total. The lowest BCUT2D eigenvalue weighted by Crippen LogP contribution is -1.86. The second-order valence-electron chi connectivity index (χ2n) is 2.53. The van der Waals surface area contributed by atoms with E-state index in [0.29, 0.717) is 11.8 Å². The topological polar surface area (TPSA) is 0 Å². The Balaban J connectivity index is 3.02. The highest BCUT2D eigenvalue weighted by molar-refractivity contribution is 6.17. The maximum absolute atomic E-state index is 5.72. The first-order chi connectivity index (χ1) is 5.27. The Hall–Kier alpha value is -0.200. The van der Waals surface area contributed by atoms with Crippen molar-refractivity contribution in [2.45, 2.75) is 18.7 Å². The summed E-state index contributed by atoms with van der Waals surface area (Å²) in [6, 6.07) is 6.13. The van der Waals surface area contributed by atoms with Gasteiger partial charge in [-0.05, 0) is 23.6 Å². The molecular weight excluding hydrogens is 179 g/mol. The van der Waals surface area contributed by atoms with Crippen LogP contribution in [0.3, 0.4) is 0 Å². The van der Waals surface area contributed by atoms with Crippen LogP contribution in [0.25, 0.3) is 0 Å². The SMILES string of the molecule is Cc1ccc(CCl)cc1CCl. The summed E-state index contributed by atoms with van der Waals surface area (Å²) in [5.41, 5.74) is 3.53. The number of halogens is 2. The lowest BCUT2D eigenvalue weighted by molar-refractivity contribution is 1.25. The van der Waals surface area contributed by atoms with E-state index in [1.54, 1.807) is 0 Å². The zero-order chi connectivity index (χ0) is 8.27. The van der Waals surface area contributed by atoms with Gasteiger partial charge in [0.05, 0.1) is 0 Å². The molecule has 0 atom stereocenters. The molecule has 1 rings (SSSR count). The van der Waals surface area contributed by atoms with E-state index in [4.69, 9.17) is 23.2 Å². The van der Waals surface area contributed by atoms with E-state index in [2.05, 4.69) is 19.1 Å². The van der Waals surface area contributed by atoms with Gasteiger partial charge in [0.25, 0.3) is 0 Å². The molecule has 0 radical (unpaired) electrons. The highest BCUT2D eigenvalue weighted by Gasteiger charge is 1.97. The standard InChI is InChI=1S/C9H10Cl2/c1-7-2-3-8(5-10)4-9(7)6-11/h2-4H,5-6H2,1H3. The molecule has 0 unspecified atom stereocenters. The minimum atomic E-state index is 0.560. The van der Waals surface area contributed by atoms with Crippen molar-refractivity contribution in [2.24, 2.45) is 0 Å².